The number of ketones is 1. The van der Waals surface area contributed by atoms with Gasteiger partial charge in [0, 0.05) is 106 Å². The fourth-order valence-corrected chi connectivity index (χ4v) is 11.6. The monoisotopic (exact) mass is 1400 g/mol. The number of nitrogens with zero attached hydrogens (tertiary/aromatic N) is 5. The number of imide groups is 1. The van der Waals surface area contributed by atoms with E-state index in [-0.39, 0.29) is 106 Å². The SMILES string of the molecule is COc1cc2c(cc1OCCCOc1cc3c(cc1OC)C(=O)N1C=C(C4CC4)C[C@H]1C=N3)N=C[C@@H]1CC(c3ccc(NC(=O)[C@H](C)CC(=O)C(NC(=O)CCOCCOCCOCCOCCOCCOCCOCCOCCNC(=O)CCN4C(=O)C=CC4=O)C(C)C)cc3)=CN1C2=O. The molecule has 3 aromatic carbocycles. The molecule has 0 aromatic heterocycles. The van der Waals surface area contributed by atoms with Crippen LogP contribution >= 0.6 is 0 Å². The molecule has 1 unspecified atom stereocenters. The molecule has 0 spiro atoms. The van der Waals surface area contributed by atoms with Crippen molar-refractivity contribution in [3.63, 3.8) is 0 Å². The van der Waals surface area contributed by atoms with Crippen molar-refractivity contribution in [2.24, 2.45) is 27.7 Å². The molecule has 7 amide bonds. The normalized spacial score (nSPS) is 17.2. The lowest BCUT2D eigenvalue weighted by Gasteiger charge is -2.23. The van der Waals surface area contributed by atoms with Gasteiger partial charge >= 0.3 is 0 Å². The summed E-state index contributed by atoms with van der Waals surface area (Å²) in [6, 6.07) is 12.8. The van der Waals surface area contributed by atoms with Crippen LogP contribution in [-0.4, -0.2) is 239 Å². The molecule has 28 heteroatoms. The van der Waals surface area contributed by atoms with E-state index < -0.39 is 23.8 Å². The fraction of sp³-hybridized carbons (Fsp3) is 0.534. The summed E-state index contributed by atoms with van der Waals surface area (Å²) in [6.45, 7) is 11.9. The van der Waals surface area contributed by atoms with E-state index in [4.69, 9.17) is 66.8 Å². The Morgan fingerprint density at radius 1 is 0.554 bits per heavy atom. The van der Waals surface area contributed by atoms with Crippen molar-refractivity contribution in [3.05, 3.63) is 95.3 Å². The molecule has 0 radical (unpaired) electrons. The van der Waals surface area contributed by atoms with Crippen molar-refractivity contribution in [1.82, 2.24) is 25.3 Å². The van der Waals surface area contributed by atoms with Crippen molar-refractivity contribution in [2.75, 3.05) is 152 Å². The van der Waals surface area contributed by atoms with Crippen LogP contribution in [0.2, 0.25) is 0 Å². The lowest BCUT2D eigenvalue weighted by molar-refractivity contribution is -0.137. The van der Waals surface area contributed by atoms with Gasteiger partial charge in [0.05, 0.1) is 174 Å². The number of methoxy groups -OCH3 is 2. The summed E-state index contributed by atoms with van der Waals surface area (Å²) in [5, 5.41) is 8.42. The number of rotatable bonds is 47. The van der Waals surface area contributed by atoms with E-state index in [1.165, 1.54) is 44.8 Å². The molecular formula is C73H94N8O20. The number of hydrogen-bond donors (Lipinski definition) is 3. The molecule has 5 aliphatic heterocycles. The molecule has 101 heavy (non-hydrogen) atoms. The summed E-state index contributed by atoms with van der Waals surface area (Å²) in [5.74, 6) is -1.02. The lowest BCUT2D eigenvalue weighted by Crippen LogP contribution is -2.45. The van der Waals surface area contributed by atoms with Crippen LogP contribution in [0.15, 0.2) is 88.6 Å². The maximum absolute atomic E-state index is 14.2. The number of anilines is 1. The minimum atomic E-state index is -0.787. The molecule has 546 valence electrons. The smallest absolute Gasteiger partial charge is 0.260 e. The van der Waals surface area contributed by atoms with E-state index >= 15 is 0 Å². The van der Waals surface area contributed by atoms with Crippen LogP contribution in [-0.2, 0) is 66.7 Å². The number of amides is 7. The van der Waals surface area contributed by atoms with Crippen LogP contribution in [0.5, 0.6) is 23.0 Å². The van der Waals surface area contributed by atoms with Gasteiger partial charge in [-0.25, -0.2) is 0 Å². The molecule has 3 aromatic rings. The number of benzene rings is 3. The highest BCUT2D eigenvalue weighted by atomic mass is 16.6. The van der Waals surface area contributed by atoms with Crippen LogP contribution < -0.4 is 34.9 Å². The zero-order valence-electron chi connectivity index (χ0n) is 58.2. The van der Waals surface area contributed by atoms with Gasteiger partial charge in [0.2, 0.25) is 17.7 Å². The largest absolute Gasteiger partial charge is 0.493 e. The highest BCUT2D eigenvalue weighted by molar-refractivity contribution is 6.13. The highest BCUT2D eigenvalue weighted by Crippen LogP contribution is 2.45. The van der Waals surface area contributed by atoms with Crippen LogP contribution in [0, 0.1) is 17.8 Å². The summed E-state index contributed by atoms with van der Waals surface area (Å²) in [5.41, 5.74) is 5.42. The third-order valence-corrected chi connectivity index (χ3v) is 17.3. The average Bonchev–Trinajstić information content (AvgIpc) is 1.65. The van der Waals surface area contributed by atoms with Crippen molar-refractivity contribution in [2.45, 2.75) is 90.3 Å². The van der Waals surface area contributed by atoms with Gasteiger partial charge in [-0.2, -0.15) is 0 Å². The number of fused-ring (bicyclic) bond motifs is 4. The standard InChI is InChI=1S/C73H94N8O20/c1-48(2)70(78-67(84)16-21-92-23-25-94-27-29-96-31-33-98-35-36-99-34-32-97-30-28-95-26-24-93-22-17-74-66(83)15-18-79-68(85)13-14-69(79)86)61(82)37-49(3)71(87)77-54-11-9-51(10-12-54)53-39-56-45-76-60-43-65(63(91-5)41-58(60)73(89)81(56)47-53)101-20-6-19-100-64-42-59-57(40-62(64)90-4)72(88)80-46-52(50-7-8-50)38-55(80)44-75-59/h9-14,40-50,55-56,70H,6-8,15-39H2,1-5H3,(H,74,83)(H,77,87)(H,78,84)/t49-,55+,56+,70?/m1/s1. The number of Topliss-reactive ketones (excluding diaryl/α,β-unsaturated/α-hetero) is 1. The Kier molecular flexibility index (Phi) is 29.9. The van der Waals surface area contributed by atoms with Gasteiger partial charge in [-0.3, -0.25) is 53.2 Å². The van der Waals surface area contributed by atoms with Gasteiger partial charge in [-0.15, -0.1) is 0 Å². The van der Waals surface area contributed by atoms with E-state index in [0.29, 0.717) is 169 Å². The fourth-order valence-electron chi connectivity index (χ4n) is 11.6. The maximum Gasteiger partial charge on any atom is 0.260 e. The average molecular weight is 1400 g/mol. The predicted molar refractivity (Wildman–Crippen MR) is 371 cm³/mol. The van der Waals surface area contributed by atoms with Crippen molar-refractivity contribution in [1.29, 1.82) is 0 Å². The number of carbonyl (C=O) groups is 8. The summed E-state index contributed by atoms with van der Waals surface area (Å²) in [4.78, 5) is 116. The molecule has 0 saturated heterocycles. The predicted octanol–water partition coefficient (Wildman–Crippen LogP) is 6.38. The van der Waals surface area contributed by atoms with E-state index in [1.54, 1.807) is 59.3 Å². The van der Waals surface area contributed by atoms with Gasteiger partial charge in [0.15, 0.2) is 28.8 Å². The third-order valence-electron chi connectivity index (χ3n) is 17.3. The van der Waals surface area contributed by atoms with E-state index in [1.807, 2.05) is 44.6 Å². The van der Waals surface area contributed by atoms with Crippen LogP contribution in [0.3, 0.4) is 0 Å². The Bertz CT molecular complexity index is 3500. The molecule has 3 N–H and O–H groups in total. The number of carbonyl (C=O) groups excluding carboxylic acids is 8. The molecule has 1 fully saturated rings. The maximum atomic E-state index is 14.2. The summed E-state index contributed by atoms with van der Waals surface area (Å²) in [7, 11) is 3.05. The highest BCUT2D eigenvalue weighted by Gasteiger charge is 2.39. The van der Waals surface area contributed by atoms with Crippen molar-refractivity contribution >= 4 is 82.2 Å². The second-order valence-corrected chi connectivity index (χ2v) is 25.1. The van der Waals surface area contributed by atoms with Crippen LogP contribution in [0.25, 0.3) is 5.57 Å². The van der Waals surface area contributed by atoms with Crippen LogP contribution in [0.4, 0.5) is 17.1 Å². The second kappa shape index (κ2) is 39.5. The molecule has 5 heterocycles. The van der Waals surface area contributed by atoms with Gasteiger partial charge < -0.3 is 82.6 Å². The lowest BCUT2D eigenvalue weighted by atomic mass is 9.92. The minimum Gasteiger partial charge on any atom is -0.493 e. The number of aliphatic imine (C=N–C) groups is 2. The molecule has 28 nitrogen and oxygen atoms in total. The van der Waals surface area contributed by atoms with Gasteiger partial charge in [0.25, 0.3) is 23.6 Å². The molecule has 0 bridgehead atoms. The Hall–Kier alpha value is -8.74. The zero-order valence-corrected chi connectivity index (χ0v) is 58.2. The summed E-state index contributed by atoms with van der Waals surface area (Å²) >= 11 is 0. The molecule has 9 rings (SSSR count). The summed E-state index contributed by atoms with van der Waals surface area (Å²) < 4.78 is 67.8. The van der Waals surface area contributed by atoms with E-state index in [9.17, 15) is 38.4 Å². The van der Waals surface area contributed by atoms with Gasteiger partial charge in [0.1, 0.15) is 0 Å². The topological polar surface area (TPSA) is 318 Å². The van der Waals surface area contributed by atoms with Crippen molar-refractivity contribution in [3.8, 4) is 23.0 Å². The van der Waals surface area contributed by atoms with E-state index in [0.717, 1.165) is 22.5 Å². The van der Waals surface area contributed by atoms with Crippen LogP contribution in [0.1, 0.15) is 98.4 Å². The number of hydrogen-bond acceptors (Lipinski definition) is 22. The molecule has 4 atom stereocenters. The first-order valence-corrected chi connectivity index (χ1v) is 34.6. The Balaban J connectivity index is 0.570. The minimum absolute atomic E-state index is 0.0296. The Morgan fingerprint density at radius 3 is 1.53 bits per heavy atom. The Morgan fingerprint density at radius 2 is 1.04 bits per heavy atom. The zero-order chi connectivity index (χ0) is 71.5. The number of ether oxygens (including phenoxy) is 12. The third kappa shape index (κ3) is 22.9. The van der Waals surface area contributed by atoms with Gasteiger partial charge in [-0.05, 0) is 72.1 Å². The quantitative estimate of drug-likeness (QED) is 0.0408. The molecular weight excluding hydrogens is 1310 g/mol. The first-order valence-electron chi connectivity index (χ1n) is 34.6. The van der Waals surface area contributed by atoms with Crippen molar-refractivity contribution < 1.29 is 95.2 Å². The molecule has 1 aliphatic carbocycles. The number of nitrogens with one attached hydrogen (secondary N) is 3. The molecule has 6 aliphatic rings. The summed E-state index contributed by atoms with van der Waals surface area (Å²) in [6.07, 6.45) is 13.9. The van der Waals surface area contributed by atoms with Gasteiger partial charge in [-0.1, -0.05) is 32.9 Å². The first kappa shape index (κ1) is 76.4. The first-order chi connectivity index (χ1) is 49.1. The van der Waals surface area contributed by atoms with E-state index in [2.05, 4.69) is 16.0 Å². The molecule has 1 saturated carbocycles. The second-order valence-electron chi connectivity index (χ2n) is 25.1. The Labute approximate surface area is 588 Å².